The second kappa shape index (κ2) is 11.3. The second-order valence-electron chi connectivity index (χ2n) is 2.78. The van der Waals surface area contributed by atoms with Crippen LogP contribution in [0.2, 0.25) is 0 Å². The van der Waals surface area contributed by atoms with Gasteiger partial charge in [0.1, 0.15) is 0 Å². The van der Waals surface area contributed by atoms with Crippen LogP contribution in [0.5, 0.6) is 0 Å². The fraction of sp³-hybridized carbons (Fsp3) is 0.889. The number of unbranched alkanes of at least 4 members (excludes halogenated alkanes) is 5. The van der Waals surface area contributed by atoms with Crippen LogP contribution < -0.4 is 0 Å². The average molecular weight is 250 g/mol. The smallest absolute Gasteiger partial charge is 0.0584 e. The highest BCUT2D eigenvalue weighted by Crippen LogP contribution is 2.06. The summed E-state index contributed by atoms with van der Waals surface area (Å²) < 4.78 is 0. The molecule has 0 amide bonds. The van der Waals surface area contributed by atoms with Crippen molar-refractivity contribution in [3.05, 3.63) is 0 Å². The molecule has 0 fully saturated rings. The van der Waals surface area contributed by atoms with Gasteiger partial charge in [-0.05, 0) is 25.1 Å². The van der Waals surface area contributed by atoms with E-state index in [0.717, 1.165) is 18.3 Å². The SMILES string of the molecule is S=C=NCCCCCCCCBr. The number of nitrogens with zero attached hydrogens (tertiary/aromatic N) is 1. The summed E-state index contributed by atoms with van der Waals surface area (Å²) in [6.07, 6.45) is 7.79. The molecule has 1 nitrogen and oxygen atoms in total. The molecule has 0 aromatic rings. The zero-order valence-electron chi connectivity index (χ0n) is 7.39. The van der Waals surface area contributed by atoms with Crippen LogP contribution in [0.4, 0.5) is 0 Å². The van der Waals surface area contributed by atoms with Gasteiger partial charge in [-0.25, -0.2) is 4.99 Å². The summed E-state index contributed by atoms with van der Waals surface area (Å²) in [6, 6.07) is 0. The van der Waals surface area contributed by atoms with E-state index in [1.807, 2.05) is 0 Å². The first-order chi connectivity index (χ1) is 5.91. The van der Waals surface area contributed by atoms with Gasteiger partial charge in [0.2, 0.25) is 0 Å². The molecule has 0 spiro atoms. The van der Waals surface area contributed by atoms with E-state index in [1.165, 1.54) is 32.1 Å². The third-order valence-electron chi connectivity index (χ3n) is 1.72. The molecule has 0 saturated carbocycles. The first-order valence-corrected chi connectivity index (χ1v) is 6.04. The third-order valence-corrected chi connectivity index (χ3v) is 2.41. The van der Waals surface area contributed by atoms with E-state index in [4.69, 9.17) is 0 Å². The summed E-state index contributed by atoms with van der Waals surface area (Å²) >= 11 is 7.88. The van der Waals surface area contributed by atoms with Gasteiger partial charge >= 0.3 is 0 Å². The van der Waals surface area contributed by atoms with Gasteiger partial charge in [0, 0.05) is 11.9 Å². The Kier molecular flexibility index (Phi) is 11.5. The van der Waals surface area contributed by atoms with Crippen molar-refractivity contribution in [2.75, 3.05) is 11.9 Å². The van der Waals surface area contributed by atoms with Gasteiger partial charge in [-0.1, -0.05) is 41.6 Å². The molecule has 0 aliphatic rings. The molecule has 0 heterocycles. The highest BCUT2D eigenvalue weighted by Gasteiger charge is 1.89. The lowest BCUT2D eigenvalue weighted by atomic mass is 10.1. The van der Waals surface area contributed by atoms with Crippen molar-refractivity contribution in [1.82, 2.24) is 0 Å². The number of isothiocyanates is 1. The van der Waals surface area contributed by atoms with Crippen molar-refractivity contribution in [2.45, 2.75) is 38.5 Å². The summed E-state index contributed by atoms with van der Waals surface area (Å²) in [7, 11) is 0. The van der Waals surface area contributed by atoms with Crippen LogP contribution in [0.3, 0.4) is 0 Å². The Morgan fingerprint density at radius 1 is 1.00 bits per heavy atom. The monoisotopic (exact) mass is 249 g/mol. The molecule has 0 aliphatic carbocycles. The highest BCUT2D eigenvalue weighted by atomic mass is 79.9. The van der Waals surface area contributed by atoms with Crippen LogP contribution in [0.25, 0.3) is 0 Å². The molecule has 70 valence electrons. The van der Waals surface area contributed by atoms with Crippen LogP contribution in [-0.4, -0.2) is 17.0 Å². The molecule has 0 radical (unpaired) electrons. The lowest BCUT2D eigenvalue weighted by Gasteiger charge is -1.97. The maximum atomic E-state index is 4.47. The molecule has 0 unspecified atom stereocenters. The molecule has 12 heavy (non-hydrogen) atoms. The molecular formula is C9H16BrNS. The van der Waals surface area contributed by atoms with Gasteiger partial charge in [-0.3, -0.25) is 0 Å². The van der Waals surface area contributed by atoms with E-state index < -0.39 is 0 Å². The van der Waals surface area contributed by atoms with Gasteiger partial charge in [0.25, 0.3) is 0 Å². The van der Waals surface area contributed by atoms with Gasteiger partial charge in [0.05, 0.1) is 5.16 Å². The molecule has 0 rings (SSSR count). The molecule has 0 aromatic carbocycles. The second-order valence-corrected chi connectivity index (χ2v) is 3.76. The van der Waals surface area contributed by atoms with Crippen LogP contribution in [0.15, 0.2) is 4.99 Å². The normalized spacial score (nSPS) is 9.42. The van der Waals surface area contributed by atoms with Gasteiger partial charge < -0.3 is 0 Å². The first-order valence-electron chi connectivity index (χ1n) is 4.51. The van der Waals surface area contributed by atoms with Crippen LogP contribution in [-0.2, 0) is 0 Å². The molecular weight excluding hydrogens is 234 g/mol. The Morgan fingerprint density at radius 2 is 1.58 bits per heavy atom. The molecule has 3 heteroatoms. The summed E-state index contributed by atoms with van der Waals surface area (Å²) in [5.41, 5.74) is 0. The zero-order chi connectivity index (χ0) is 9.07. The number of hydrogen-bond acceptors (Lipinski definition) is 2. The summed E-state index contributed by atoms with van der Waals surface area (Å²) in [4.78, 5) is 3.86. The van der Waals surface area contributed by atoms with E-state index in [1.54, 1.807) is 0 Å². The first kappa shape index (κ1) is 12.3. The summed E-state index contributed by atoms with van der Waals surface area (Å²) in [5, 5.41) is 3.52. The Bertz CT molecular complexity index is 132. The average Bonchev–Trinajstić information content (AvgIpc) is 2.10. The lowest BCUT2D eigenvalue weighted by Crippen LogP contribution is -1.83. The molecule has 0 N–H and O–H groups in total. The topological polar surface area (TPSA) is 12.4 Å². The minimum absolute atomic E-state index is 0.863. The number of hydrogen-bond donors (Lipinski definition) is 0. The van der Waals surface area contributed by atoms with Crippen molar-refractivity contribution in [3.63, 3.8) is 0 Å². The Hall–Kier alpha value is 0.280. The Labute approximate surface area is 88.8 Å². The number of alkyl halides is 1. The maximum Gasteiger partial charge on any atom is 0.0584 e. The Balaban J connectivity index is 2.86. The fourth-order valence-electron chi connectivity index (χ4n) is 1.04. The van der Waals surface area contributed by atoms with E-state index >= 15 is 0 Å². The van der Waals surface area contributed by atoms with E-state index in [0.29, 0.717) is 0 Å². The van der Waals surface area contributed by atoms with Crippen molar-refractivity contribution < 1.29 is 0 Å². The lowest BCUT2D eigenvalue weighted by molar-refractivity contribution is 0.615. The minimum atomic E-state index is 0.863. The van der Waals surface area contributed by atoms with E-state index in [2.05, 4.69) is 38.3 Å². The number of aliphatic imine (C=N–C) groups is 1. The fourth-order valence-corrected chi connectivity index (χ4v) is 1.53. The molecule has 0 aromatic heterocycles. The number of halogens is 1. The van der Waals surface area contributed by atoms with Crippen molar-refractivity contribution in [1.29, 1.82) is 0 Å². The number of rotatable bonds is 8. The predicted octanol–water partition coefficient (Wildman–Crippen LogP) is 3.82. The van der Waals surface area contributed by atoms with Crippen LogP contribution >= 0.6 is 28.1 Å². The molecule has 0 atom stereocenters. The standard InChI is InChI=1S/C9H16BrNS/c10-7-5-3-1-2-4-6-8-11-9-12/h1-8H2. The van der Waals surface area contributed by atoms with Gasteiger partial charge in [-0.2, -0.15) is 0 Å². The quantitative estimate of drug-likeness (QED) is 0.276. The molecule has 0 bridgehead atoms. The predicted molar refractivity (Wildman–Crippen MR) is 61.4 cm³/mol. The largest absolute Gasteiger partial charge is 0.233 e. The van der Waals surface area contributed by atoms with Crippen molar-refractivity contribution >= 4 is 33.3 Å². The van der Waals surface area contributed by atoms with Gasteiger partial charge in [0.15, 0.2) is 0 Å². The van der Waals surface area contributed by atoms with Crippen LogP contribution in [0, 0.1) is 0 Å². The zero-order valence-corrected chi connectivity index (χ0v) is 9.79. The minimum Gasteiger partial charge on any atom is -0.233 e. The maximum absolute atomic E-state index is 4.47. The van der Waals surface area contributed by atoms with Gasteiger partial charge in [-0.15, -0.1) is 0 Å². The molecule has 0 aliphatic heterocycles. The van der Waals surface area contributed by atoms with Crippen molar-refractivity contribution in [2.24, 2.45) is 4.99 Å². The van der Waals surface area contributed by atoms with Crippen molar-refractivity contribution in [3.8, 4) is 0 Å². The van der Waals surface area contributed by atoms with Crippen LogP contribution in [0.1, 0.15) is 38.5 Å². The summed E-state index contributed by atoms with van der Waals surface area (Å²) in [6.45, 7) is 0.863. The number of thiocarbonyl (C=S) groups is 1. The molecule has 0 saturated heterocycles. The third kappa shape index (κ3) is 10.3. The summed E-state index contributed by atoms with van der Waals surface area (Å²) in [5.74, 6) is 0. The Morgan fingerprint density at radius 3 is 2.17 bits per heavy atom. The van der Waals surface area contributed by atoms with E-state index in [-0.39, 0.29) is 0 Å². The van der Waals surface area contributed by atoms with E-state index in [9.17, 15) is 0 Å². The highest BCUT2D eigenvalue weighted by molar-refractivity contribution is 9.09.